The quantitative estimate of drug-likeness (QED) is 0.102. The lowest BCUT2D eigenvalue weighted by Gasteiger charge is -2.08. The highest BCUT2D eigenvalue weighted by Gasteiger charge is 2.14. The normalized spacial score (nSPS) is 13.3. The number of hydrogen-bond acceptors (Lipinski definition) is 2. The summed E-state index contributed by atoms with van der Waals surface area (Å²) in [6.45, 7) is 4.49. The van der Waals surface area contributed by atoms with Crippen LogP contribution in [0.15, 0.2) is 36.5 Å². The summed E-state index contributed by atoms with van der Waals surface area (Å²) in [6, 6.07) is 0. The van der Waals surface area contributed by atoms with Gasteiger partial charge in [0.2, 0.25) is 0 Å². The molecule has 0 aliphatic rings. The van der Waals surface area contributed by atoms with E-state index < -0.39 is 0 Å². The predicted octanol–water partition coefficient (Wildman–Crippen LogP) is 6.55. The van der Waals surface area contributed by atoms with Gasteiger partial charge in [0.1, 0.15) is 3.92 Å². The van der Waals surface area contributed by atoms with Gasteiger partial charge in [0.05, 0.1) is 6.61 Å². The minimum atomic E-state index is -0.0609. The first-order valence-electron chi connectivity index (χ1n) is 8.98. The summed E-state index contributed by atoms with van der Waals surface area (Å²) in [5.41, 5.74) is 0. The molecular weight excluding hydrogens is 399 g/mol. The Bertz CT molecular complexity index is 359. The van der Waals surface area contributed by atoms with Gasteiger partial charge in [-0.25, -0.2) is 0 Å². The molecule has 0 aromatic heterocycles. The first-order valence-corrected chi connectivity index (χ1v) is 10.2. The predicted molar refractivity (Wildman–Crippen MR) is 109 cm³/mol. The van der Waals surface area contributed by atoms with Gasteiger partial charge in [-0.2, -0.15) is 0 Å². The van der Waals surface area contributed by atoms with Crippen LogP contribution >= 0.6 is 22.6 Å². The molecule has 0 fully saturated rings. The summed E-state index contributed by atoms with van der Waals surface area (Å²) >= 11 is 2.19. The molecule has 1 unspecified atom stereocenters. The van der Waals surface area contributed by atoms with Crippen molar-refractivity contribution in [2.45, 2.75) is 75.6 Å². The van der Waals surface area contributed by atoms with Crippen molar-refractivity contribution in [1.29, 1.82) is 0 Å². The van der Waals surface area contributed by atoms with Crippen molar-refractivity contribution in [1.82, 2.24) is 0 Å². The molecular formula is C20H33IO2. The van der Waals surface area contributed by atoms with Gasteiger partial charge in [0, 0.05) is 0 Å². The fourth-order valence-corrected chi connectivity index (χ4v) is 2.74. The zero-order valence-electron chi connectivity index (χ0n) is 14.8. The lowest BCUT2D eigenvalue weighted by molar-refractivity contribution is -0.142. The van der Waals surface area contributed by atoms with Crippen LogP contribution in [0.4, 0.5) is 0 Å². The number of rotatable bonds is 14. The maximum atomic E-state index is 11.5. The topological polar surface area (TPSA) is 26.3 Å². The summed E-state index contributed by atoms with van der Waals surface area (Å²) in [7, 11) is 0. The van der Waals surface area contributed by atoms with E-state index in [2.05, 4.69) is 66.0 Å². The molecule has 0 saturated heterocycles. The van der Waals surface area contributed by atoms with Gasteiger partial charge < -0.3 is 4.74 Å². The summed E-state index contributed by atoms with van der Waals surface area (Å²) in [5, 5.41) is 0. The smallest absolute Gasteiger partial charge is 0.318 e. The SMILES string of the molecule is CCC=CCC=CCC=CCCCCCCC(I)C(=O)OCC. The molecule has 132 valence electrons. The Morgan fingerprint density at radius 3 is 2.17 bits per heavy atom. The highest BCUT2D eigenvalue weighted by atomic mass is 127. The molecule has 0 radical (unpaired) electrons. The van der Waals surface area contributed by atoms with Crippen LogP contribution in [0.25, 0.3) is 0 Å². The fourth-order valence-electron chi connectivity index (χ4n) is 2.12. The number of halogens is 1. The minimum absolute atomic E-state index is 0.0198. The van der Waals surface area contributed by atoms with Crippen molar-refractivity contribution < 1.29 is 9.53 Å². The molecule has 3 heteroatoms. The van der Waals surface area contributed by atoms with Gasteiger partial charge >= 0.3 is 5.97 Å². The zero-order chi connectivity index (χ0) is 17.2. The molecule has 0 aromatic rings. The van der Waals surface area contributed by atoms with Crippen molar-refractivity contribution in [3.8, 4) is 0 Å². The van der Waals surface area contributed by atoms with E-state index in [-0.39, 0.29) is 9.89 Å². The van der Waals surface area contributed by atoms with E-state index in [9.17, 15) is 4.79 Å². The largest absolute Gasteiger partial charge is 0.465 e. The van der Waals surface area contributed by atoms with Crippen molar-refractivity contribution in [2.75, 3.05) is 6.61 Å². The van der Waals surface area contributed by atoms with E-state index in [1.54, 1.807) is 0 Å². The molecule has 0 bridgehead atoms. The fraction of sp³-hybridized carbons (Fsp3) is 0.650. The van der Waals surface area contributed by atoms with Gasteiger partial charge in [-0.15, -0.1) is 0 Å². The monoisotopic (exact) mass is 432 g/mol. The number of carbonyl (C=O) groups excluding carboxylic acids is 1. The third-order valence-electron chi connectivity index (χ3n) is 3.40. The Balaban J connectivity index is 3.40. The van der Waals surface area contributed by atoms with Crippen LogP contribution in [-0.2, 0) is 9.53 Å². The van der Waals surface area contributed by atoms with Crippen LogP contribution in [0, 0.1) is 0 Å². The first kappa shape index (κ1) is 22.4. The molecule has 0 spiro atoms. The highest BCUT2D eigenvalue weighted by Crippen LogP contribution is 2.14. The van der Waals surface area contributed by atoms with Crippen LogP contribution in [-0.4, -0.2) is 16.5 Å². The van der Waals surface area contributed by atoms with Crippen molar-refractivity contribution in [3.05, 3.63) is 36.5 Å². The number of allylic oxidation sites excluding steroid dienone is 6. The van der Waals surface area contributed by atoms with E-state index in [4.69, 9.17) is 4.74 Å². The number of hydrogen-bond donors (Lipinski definition) is 0. The number of esters is 1. The lowest BCUT2D eigenvalue weighted by atomic mass is 10.1. The summed E-state index contributed by atoms with van der Waals surface area (Å²) in [5.74, 6) is -0.0609. The Labute approximate surface area is 156 Å². The molecule has 0 amide bonds. The molecule has 0 N–H and O–H groups in total. The number of unbranched alkanes of at least 4 members (excludes halogenated alkanes) is 4. The second-order valence-corrected chi connectivity index (χ2v) is 7.01. The molecule has 0 aliphatic carbocycles. The lowest BCUT2D eigenvalue weighted by Crippen LogP contribution is -2.16. The van der Waals surface area contributed by atoms with Gasteiger partial charge in [-0.1, -0.05) is 85.2 Å². The molecule has 0 aliphatic heterocycles. The van der Waals surface area contributed by atoms with Crippen molar-refractivity contribution >= 4 is 28.6 Å². The van der Waals surface area contributed by atoms with Crippen LogP contribution in [0.1, 0.15) is 71.6 Å². The van der Waals surface area contributed by atoms with E-state index >= 15 is 0 Å². The Morgan fingerprint density at radius 1 is 0.913 bits per heavy atom. The highest BCUT2D eigenvalue weighted by molar-refractivity contribution is 14.1. The second-order valence-electron chi connectivity index (χ2n) is 5.51. The molecule has 0 rings (SSSR count). The maximum absolute atomic E-state index is 11.5. The van der Waals surface area contributed by atoms with Crippen LogP contribution in [0.5, 0.6) is 0 Å². The number of ether oxygens (including phenoxy) is 1. The average Bonchev–Trinajstić information content (AvgIpc) is 2.55. The standard InChI is InChI=1S/C20H33IO2/c1-3-5-6-7-8-9-10-11-12-13-14-15-16-17-18-19(21)20(22)23-4-2/h5-6,8-9,11-12,19H,3-4,7,10,13-18H2,1-2H3. The molecule has 0 saturated carbocycles. The third kappa shape index (κ3) is 16.1. The Hall–Kier alpha value is -0.580. The molecule has 0 aromatic carbocycles. The zero-order valence-corrected chi connectivity index (χ0v) is 17.0. The summed E-state index contributed by atoms with van der Waals surface area (Å²) < 4.78 is 5.03. The van der Waals surface area contributed by atoms with Crippen molar-refractivity contribution in [3.63, 3.8) is 0 Å². The van der Waals surface area contributed by atoms with Crippen LogP contribution < -0.4 is 0 Å². The Morgan fingerprint density at radius 2 is 1.52 bits per heavy atom. The molecule has 23 heavy (non-hydrogen) atoms. The van der Waals surface area contributed by atoms with Gasteiger partial charge in [-0.05, 0) is 45.4 Å². The van der Waals surface area contributed by atoms with Gasteiger partial charge in [0.15, 0.2) is 0 Å². The number of alkyl halides is 1. The average molecular weight is 432 g/mol. The third-order valence-corrected chi connectivity index (χ3v) is 4.53. The van der Waals surface area contributed by atoms with Crippen molar-refractivity contribution in [2.24, 2.45) is 0 Å². The molecule has 0 heterocycles. The van der Waals surface area contributed by atoms with E-state index in [1.807, 2.05) is 6.92 Å². The van der Waals surface area contributed by atoms with Gasteiger partial charge in [0.25, 0.3) is 0 Å². The van der Waals surface area contributed by atoms with E-state index in [0.717, 1.165) is 38.5 Å². The summed E-state index contributed by atoms with van der Waals surface area (Å²) in [4.78, 5) is 11.5. The summed E-state index contributed by atoms with van der Waals surface area (Å²) in [6.07, 6.45) is 23.5. The minimum Gasteiger partial charge on any atom is -0.465 e. The van der Waals surface area contributed by atoms with Crippen LogP contribution in [0.3, 0.4) is 0 Å². The molecule has 2 nitrogen and oxygen atoms in total. The maximum Gasteiger partial charge on any atom is 0.318 e. The number of carbonyl (C=O) groups is 1. The Kier molecular flexibility index (Phi) is 17.3. The first-order chi connectivity index (χ1) is 11.2. The second kappa shape index (κ2) is 17.8. The van der Waals surface area contributed by atoms with E-state index in [1.165, 1.54) is 19.3 Å². The van der Waals surface area contributed by atoms with E-state index in [0.29, 0.717) is 6.61 Å². The van der Waals surface area contributed by atoms with Gasteiger partial charge in [-0.3, -0.25) is 4.79 Å². The molecule has 1 atom stereocenters. The van der Waals surface area contributed by atoms with Crippen LogP contribution in [0.2, 0.25) is 0 Å².